The average Bonchev–Trinajstić information content (AvgIpc) is 3.09. The van der Waals surface area contributed by atoms with Crippen LogP contribution in [0, 0.1) is 0 Å². The molecule has 7 heteroatoms. The maximum atomic E-state index is 13.0. The van der Waals surface area contributed by atoms with E-state index in [0.29, 0.717) is 16.5 Å². The summed E-state index contributed by atoms with van der Waals surface area (Å²) in [4.78, 5) is 32.6. The summed E-state index contributed by atoms with van der Waals surface area (Å²) < 4.78 is 6.74. The summed E-state index contributed by atoms with van der Waals surface area (Å²) in [5.41, 5.74) is 1.81. The SMILES string of the molecule is COc1ccc(C(=O)[C@@H](C)Sc2nc3sc4c(c3c(=O)n2C)CCCC4)cc1. The highest BCUT2D eigenvalue weighted by Crippen LogP contribution is 2.35. The van der Waals surface area contributed by atoms with Crippen LogP contribution in [0.3, 0.4) is 0 Å². The lowest BCUT2D eigenvalue weighted by atomic mass is 9.97. The van der Waals surface area contributed by atoms with Crippen LogP contribution in [0.1, 0.15) is 40.6 Å². The number of ketones is 1. The summed E-state index contributed by atoms with van der Waals surface area (Å²) >= 11 is 2.97. The number of Topliss-reactive ketones (excluding diaryl/α,β-unsaturated/α-hetero) is 1. The van der Waals surface area contributed by atoms with Crippen molar-refractivity contribution in [2.45, 2.75) is 43.0 Å². The Balaban J connectivity index is 1.64. The molecule has 3 aromatic rings. The zero-order valence-electron chi connectivity index (χ0n) is 16.2. The van der Waals surface area contributed by atoms with Crippen LogP contribution in [0.4, 0.5) is 0 Å². The molecule has 2 aromatic heterocycles. The van der Waals surface area contributed by atoms with Gasteiger partial charge in [-0.15, -0.1) is 11.3 Å². The molecule has 0 amide bonds. The lowest BCUT2D eigenvalue weighted by molar-refractivity contribution is 0.0994. The fourth-order valence-corrected chi connectivity index (χ4v) is 5.83. The molecule has 0 bridgehead atoms. The molecule has 1 atom stereocenters. The van der Waals surface area contributed by atoms with E-state index in [2.05, 4.69) is 0 Å². The molecule has 5 nitrogen and oxygen atoms in total. The number of hydrogen-bond donors (Lipinski definition) is 0. The van der Waals surface area contributed by atoms with Gasteiger partial charge in [0.2, 0.25) is 0 Å². The van der Waals surface area contributed by atoms with Gasteiger partial charge in [-0.25, -0.2) is 4.98 Å². The number of carbonyl (C=O) groups excluding carboxylic acids is 1. The maximum absolute atomic E-state index is 13.0. The van der Waals surface area contributed by atoms with E-state index in [0.717, 1.165) is 29.5 Å². The van der Waals surface area contributed by atoms with Crippen LogP contribution in [0.2, 0.25) is 0 Å². The van der Waals surface area contributed by atoms with Crippen LogP contribution in [0.15, 0.2) is 34.2 Å². The topological polar surface area (TPSA) is 61.2 Å². The zero-order valence-corrected chi connectivity index (χ0v) is 17.8. The minimum Gasteiger partial charge on any atom is -0.497 e. The van der Waals surface area contributed by atoms with E-state index in [9.17, 15) is 9.59 Å². The van der Waals surface area contributed by atoms with E-state index < -0.39 is 0 Å². The number of ether oxygens (including phenoxy) is 1. The summed E-state index contributed by atoms with van der Waals surface area (Å²) in [5.74, 6) is 0.723. The molecular weight excluding hydrogens is 392 g/mol. The van der Waals surface area contributed by atoms with Gasteiger partial charge in [0, 0.05) is 17.5 Å². The number of thiophene rings is 1. The van der Waals surface area contributed by atoms with Crippen LogP contribution in [-0.4, -0.2) is 27.7 Å². The van der Waals surface area contributed by atoms with Crippen molar-refractivity contribution in [1.82, 2.24) is 9.55 Å². The van der Waals surface area contributed by atoms with Gasteiger partial charge < -0.3 is 4.74 Å². The number of methoxy groups -OCH3 is 1. The van der Waals surface area contributed by atoms with Crippen molar-refractivity contribution >= 4 is 39.1 Å². The smallest absolute Gasteiger partial charge is 0.262 e. The number of aromatic nitrogens is 2. The predicted molar refractivity (Wildman–Crippen MR) is 114 cm³/mol. The van der Waals surface area contributed by atoms with Crippen molar-refractivity contribution in [2.24, 2.45) is 7.05 Å². The number of hydrogen-bond acceptors (Lipinski definition) is 6. The van der Waals surface area contributed by atoms with Crippen LogP contribution in [0.25, 0.3) is 10.2 Å². The third-order valence-electron chi connectivity index (χ3n) is 5.18. The Morgan fingerprint density at radius 2 is 1.96 bits per heavy atom. The van der Waals surface area contributed by atoms with Crippen LogP contribution >= 0.6 is 23.1 Å². The average molecular weight is 415 g/mol. The second-order valence-corrected chi connectivity index (χ2v) is 9.39. The van der Waals surface area contributed by atoms with Crippen LogP contribution < -0.4 is 10.3 Å². The molecule has 0 spiro atoms. The van der Waals surface area contributed by atoms with Crippen molar-refractivity contribution < 1.29 is 9.53 Å². The number of nitrogens with zero attached hydrogens (tertiary/aromatic N) is 2. The van der Waals surface area contributed by atoms with Crippen molar-refractivity contribution in [2.75, 3.05) is 7.11 Å². The molecule has 1 aliphatic rings. The standard InChI is InChI=1S/C21H22N2O3S2/c1-12(18(24)13-8-10-14(26-3)11-9-13)27-21-22-19-17(20(25)23(21)2)15-6-4-5-7-16(15)28-19/h8-12H,4-7H2,1-3H3/t12-/m1/s1. The number of carbonyl (C=O) groups is 1. The second kappa shape index (κ2) is 7.72. The van der Waals surface area contributed by atoms with Gasteiger partial charge in [0.05, 0.1) is 17.7 Å². The molecule has 1 aliphatic carbocycles. The molecule has 146 valence electrons. The summed E-state index contributed by atoms with van der Waals surface area (Å²) in [6, 6.07) is 7.09. The second-order valence-electron chi connectivity index (χ2n) is 7.00. The van der Waals surface area contributed by atoms with E-state index in [1.165, 1.54) is 28.6 Å². The fourth-order valence-electron chi connectivity index (χ4n) is 3.57. The minimum atomic E-state index is -0.349. The Hall–Kier alpha value is -2.12. The van der Waals surface area contributed by atoms with Crippen molar-refractivity contribution in [1.29, 1.82) is 0 Å². The molecule has 4 rings (SSSR count). The molecule has 28 heavy (non-hydrogen) atoms. The van der Waals surface area contributed by atoms with Gasteiger partial charge in [-0.1, -0.05) is 11.8 Å². The Morgan fingerprint density at radius 1 is 1.25 bits per heavy atom. The van der Waals surface area contributed by atoms with E-state index in [1.807, 2.05) is 6.92 Å². The molecule has 0 fully saturated rings. The van der Waals surface area contributed by atoms with Crippen molar-refractivity contribution in [3.05, 3.63) is 50.6 Å². The highest BCUT2D eigenvalue weighted by molar-refractivity contribution is 8.00. The van der Waals surface area contributed by atoms with Crippen molar-refractivity contribution in [3.8, 4) is 5.75 Å². The first kappa shape index (κ1) is 19.2. The van der Waals surface area contributed by atoms with Crippen LogP contribution in [0.5, 0.6) is 5.75 Å². The number of fused-ring (bicyclic) bond motifs is 3. The minimum absolute atomic E-state index is 0.00371. The van der Waals surface area contributed by atoms with E-state index in [1.54, 1.807) is 54.3 Å². The number of benzene rings is 1. The van der Waals surface area contributed by atoms with E-state index in [4.69, 9.17) is 9.72 Å². The Morgan fingerprint density at radius 3 is 2.68 bits per heavy atom. The summed E-state index contributed by atoms with van der Waals surface area (Å²) in [6.45, 7) is 1.85. The molecule has 1 aromatic carbocycles. The van der Waals surface area contributed by atoms with Gasteiger partial charge in [0.15, 0.2) is 10.9 Å². The lowest BCUT2D eigenvalue weighted by Gasteiger charge is -2.13. The first-order valence-electron chi connectivity index (χ1n) is 9.35. The number of thioether (sulfide) groups is 1. The van der Waals surface area contributed by atoms with Gasteiger partial charge in [0.25, 0.3) is 5.56 Å². The Labute approximate surface area is 171 Å². The molecule has 0 N–H and O–H groups in total. The van der Waals surface area contributed by atoms with Crippen molar-refractivity contribution in [3.63, 3.8) is 0 Å². The molecule has 0 aliphatic heterocycles. The zero-order chi connectivity index (χ0) is 19.8. The van der Waals surface area contributed by atoms with Gasteiger partial charge in [-0.2, -0.15) is 0 Å². The Kier molecular flexibility index (Phi) is 5.29. The maximum Gasteiger partial charge on any atom is 0.262 e. The van der Waals surface area contributed by atoms with Crippen LogP contribution in [-0.2, 0) is 19.9 Å². The Bertz CT molecular complexity index is 1100. The molecule has 0 unspecified atom stereocenters. The van der Waals surface area contributed by atoms with E-state index >= 15 is 0 Å². The van der Waals surface area contributed by atoms with E-state index in [-0.39, 0.29) is 16.6 Å². The monoisotopic (exact) mass is 414 g/mol. The number of rotatable bonds is 5. The summed E-state index contributed by atoms with van der Waals surface area (Å²) in [7, 11) is 3.34. The highest BCUT2D eigenvalue weighted by atomic mass is 32.2. The largest absolute Gasteiger partial charge is 0.497 e. The number of aryl methyl sites for hydroxylation is 2. The first-order chi connectivity index (χ1) is 13.5. The molecule has 0 radical (unpaired) electrons. The molecule has 0 saturated heterocycles. The molecular formula is C21H22N2O3S2. The predicted octanol–water partition coefficient (Wildman–Crippen LogP) is 4.25. The highest BCUT2D eigenvalue weighted by Gasteiger charge is 2.23. The lowest BCUT2D eigenvalue weighted by Crippen LogP contribution is -2.22. The fraction of sp³-hybridized carbons (Fsp3) is 0.381. The normalized spacial score (nSPS) is 14.7. The first-order valence-corrected chi connectivity index (χ1v) is 11.1. The van der Waals surface area contributed by atoms with Gasteiger partial charge in [0.1, 0.15) is 10.6 Å². The molecule has 2 heterocycles. The quantitative estimate of drug-likeness (QED) is 0.355. The third kappa shape index (κ3) is 3.37. The summed E-state index contributed by atoms with van der Waals surface area (Å²) in [6.07, 6.45) is 4.31. The summed E-state index contributed by atoms with van der Waals surface area (Å²) in [5, 5.41) is 1.02. The van der Waals surface area contributed by atoms with Gasteiger partial charge in [-0.3, -0.25) is 14.2 Å². The molecule has 0 saturated carbocycles. The third-order valence-corrected chi connectivity index (χ3v) is 7.51. The van der Waals surface area contributed by atoms with Gasteiger partial charge in [-0.05, 0) is 62.4 Å². The van der Waals surface area contributed by atoms with Gasteiger partial charge >= 0.3 is 0 Å².